The van der Waals surface area contributed by atoms with E-state index in [0.29, 0.717) is 17.1 Å². The number of ether oxygens (including phenoxy) is 2. The van der Waals surface area contributed by atoms with Gasteiger partial charge in [0.15, 0.2) is 17.3 Å². The van der Waals surface area contributed by atoms with Crippen molar-refractivity contribution < 1.29 is 14.3 Å². The van der Waals surface area contributed by atoms with Gasteiger partial charge in [-0.15, -0.1) is 0 Å². The maximum Gasteiger partial charge on any atom is 0.298 e. The fourth-order valence-electron chi connectivity index (χ4n) is 3.57. The number of hydrogen-bond acceptors (Lipinski definition) is 5. The summed E-state index contributed by atoms with van der Waals surface area (Å²) in [4.78, 5) is 29.6. The molecule has 0 fully saturated rings. The van der Waals surface area contributed by atoms with E-state index in [2.05, 4.69) is 16.4 Å². The van der Waals surface area contributed by atoms with Crippen LogP contribution in [-0.2, 0) is 12.8 Å². The van der Waals surface area contributed by atoms with Crippen LogP contribution in [0, 0.1) is 0 Å². The van der Waals surface area contributed by atoms with Crippen molar-refractivity contribution in [2.24, 2.45) is 0 Å². The Morgan fingerprint density at radius 3 is 2.62 bits per heavy atom. The van der Waals surface area contributed by atoms with E-state index >= 15 is 0 Å². The number of benzene rings is 2. The maximum atomic E-state index is 12.9. The molecule has 1 aliphatic rings. The molecule has 7 nitrogen and oxygen atoms in total. The fraction of sp³-hybridized carbons (Fsp3) is 0.227. The van der Waals surface area contributed by atoms with Crippen molar-refractivity contribution in [2.75, 3.05) is 19.5 Å². The molecule has 0 saturated heterocycles. The molecule has 7 heteroatoms. The third kappa shape index (κ3) is 3.59. The third-order valence-corrected chi connectivity index (χ3v) is 5.08. The van der Waals surface area contributed by atoms with E-state index in [4.69, 9.17) is 9.47 Å². The van der Waals surface area contributed by atoms with Crippen LogP contribution in [0.1, 0.15) is 27.9 Å². The molecule has 0 bridgehead atoms. The van der Waals surface area contributed by atoms with Gasteiger partial charge in [-0.25, -0.2) is 4.98 Å². The highest BCUT2D eigenvalue weighted by molar-refractivity contribution is 6.04. The summed E-state index contributed by atoms with van der Waals surface area (Å²) in [5.41, 5.74) is 3.30. The highest BCUT2D eigenvalue weighted by Gasteiger charge is 2.16. The van der Waals surface area contributed by atoms with E-state index in [1.807, 2.05) is 12.1 Å². The van der Waals surface area contributed by atoms with E-state index in [0.717, 1.165) is 24.9 Å². The van der Waals surface area contributed by atoms with Gasteiger partial charge < -0.3 is 14.8 Å². The van der Waals surface area contributed by atoms with Crippen LogP contribution in [0.4, 0.5) is 5.82 Å². The van der Waals surface area contributed by atoms with E-state index in [1.165, 1.54) is 36.1 Å². The molecule has 1 aromatic heterocycles. The molecule has 0 atom stereocenters. The van der Waals surface area contributed by atoms with Gasteiger partial charge in [0, 0.05) is 23.6 Å². The Balaban J connectivity index is 1.63. The summed E-state index contributed by atoms with van der Waals surface area (Å²) in [5, 5.41) is 2.60. The predicted octanol–water partition coefficient (Wildman–Crippen LogP) is 2.99. The second kappa shape index (κ2) is 7.79. The molecule has 0 saturated carbocycles. The summed E-state index contributed by atoms with van der Waals surface area (Å²) in [6.45, 7) is 0. The Bertz CT molecular complexity index is 1140. The number of rotatable bonds is 5. The highest BCUT2D eigenvalue weighted by Crippen LogP contribution is 2.28. The largest absolute Gasteiger partial charge is 0.493 e. The number of aryl methyl sites for hydroxylation is 2. The Labute approximate surface area is 167 Å². The van der Waals surface area contributed by atoms with Gasteiger partial charge in [-0.3, -0.25) is 14.2 Å². The van der Waals surface area contributed by atoms with E-state index in [1.54, 1.807) is 24.4 Å². The predicted molar refractivity (Wildman–Crippen MR) is 109 cm³/mol. The second-order valence-electron chi connectivity index (χ2n) is 6.78. The van der Waals surface area contributed by atoms with Crippen LogP contribution >= 0.6 is 0 Å². The van der Waals surface area contributed by atoms with Gasteiger partial charge in [0.05, 0.1) is 14.2 Å². The minimum atomic E-state index is -0.456. The minimum absolute atomic E-state index is 0.0345. The number of nitrogens with zero attached hydrogens (tertiary/aromatic N) is 2. The molecular weight excluding hydrogens is 370 g/mol. The lowest BCUT2D eigenvalue weighted by Gasteiger charge is -2.11. The number of anilines is 1. The molecule has 0 aliphatic heterocycles. The highest BCUT2D eigenvalue weighted by atomic mass is 16.5. The Morgan fingerprint density at radius 2 is 1.83 bits per heavy atom. The van der Waals surface area contributed by atoms with Crippen LogP contribution in [-0.4, -0.2) is 29.7 Å². The average molecular weight is 391 g/mol. The molecule has 1 N–H and O–H groups in total. The smallest absolute Gasteiger partial charge is 0.298 e. The maximum absolute atomic E-state index is 12.9. The molecule has 29 heavy (non-hydrogen) atoms. The topological polar surface area (TPSA) is 82.5 Å². The molecule has 1 heterocycles. The molecule has 4 rings (SSSR count). The first-order valence-electron chi connectivity index (χ1n) is 9.34. The third-order valence-electron chi connectivity index (χ3n) is 5.08. The minimum Gasteiger partial charge on any atom is -0.493 e. The summed E-state index contributed by atoms with van der Waals surface area (Å²) in [6.07, 6.45) is 6.33. The van der Waals surface area contributed by atoms with Gasteiger partial charge in [0.1, 0.15) is 0 Å². The van der Waals surface area contributed by atoms with Crippen LogP contribution in [0.25, 0.3) is 5.69 Å². The van der Waals surface area contributed by atoms with Crippen molar-refractivity contribution in [3.63, 3.8) is 0 Å². The molecule has 0 spiro atoms. The molecule has 0 unspecified atom stereocenters. The van der Waals surface area contributed by atoms with Gasteiger partial charge in [0.2, 0.25) is 0 Å². The second-order valence-corrected chi connectivity index (χ2v) is 6.78. The zero-order valence-corrected chi connectivity index (χ0v) is 16.3. The number of carbonyl (C=O) groups is 1. The van der Waals surface area contributed by atoms with Gasteiger partial charge in [-0.2, -0.15) is 0 Å². The molecule has 1 aliphatic carbocycles. The van der Waals surface area contributed by atoms with Gasteiger partial charge in [-0.1, -0.05) is 6.07 Å². The zero-order chi connectivity index (χ0) is 20.4. The Morgan fingerprint density at radius 1 is 1.03 bits per heavy atom. The standard InChI is InChI=1S/C22H21N3O4/c1-28-18-9-7-16(13-19(18)29-2)21(26)24-20-22(27)25(11-10-23-20)17-8-6-14-4-3-5-15(14)12-17/h6-13H,3-5H2,1-2H3,(H,23,24,26). The lowest BCUT2D eigenvalue weighted by molar-refractivity contribution is 0.102. The molecule has 2 aromatic carbocycles. The molecular formula is C22H21N3O4. The van der Waals surface area contributed by atoms with E-state index in [-0.39, 0.29) is 11.4 Å². The SMILES string of the molecule is COc1ccc(C(=O)Nc2nccn(-c3ccc4c(c3)CCC4)c2=O)cc1OC. The first-order valence-corrected chi connectivity index (χ1v) is 9.34. The van der Waals surface area contributed by atoms with Gasteiger partial charge in [-0.05, 0) is 60.7 Å². The van der Waals surface area contributed by atoms with Crippen LogP contribution in [0.2, 0.25) is 0 Å². The summed E-state index contributed by atoms with van der Waals surface area (Å²) in [7, 11) is 3.01. The number of fused-ring (bicyclic) bond motifs is 1. The number of nitrogens with one attached hydrogen (secondary N) is 1. The monoisotopic (exact) mass is 391 g/mol. The van der Waals surface area contributed by atoms with E-state index in [9.17, 15) is 9.59 Å². The first-order chi connectivity index (χ1) is 14.1. The molecule has 3 aromatic rings. The van der Waals surface area contributed by atoms with Gasteiger partial charge >= 0.3 is 0 Å². The molecule has 0 radical (unpaired) electrons. The number of carbonyl (C=O) groups excluding carboxylic acids is 1. The first kappa shape index (κ1) is 18.7. The normalized spacial score (nSPS) is 12.3. The molecule has 148 valence electrons. The van der Waals surface area contributed by atoms with Crippen LogP contribution in [0.5, 0.6) is 11.5 Å². The summed E-state index contributed by atoms with van der Waals surface area (Å²) in [6, 6.07) is 10.8. The summed E-state index contributed by atoms with van der Waals surface area (Å²) in [5.74, 6) is 0.451. The Kier molecular flexibility index (Phi) is 5.03. The summed E-state index contributed by atoms with van der Waals surface area (Å²) >= 11 is 0. The lowest BCUT2D eigenvalue weighted by atomic mass is 10.1. The van der Waals surface area contributed by atoms with Crippen LogP contribution < -0.4 is 20.3 Å². The number of amides is 1. The number of hydrogen-bond donors (Lipinski definition) is 1. The van der Waals surface area contributed by atoms with Crippen molar-refractivity contribution in [3.8, 4) is 17.2 Å². The van der Waals surface area contributed by atoms with Crippen molar-refractivity contribution >= 4 is 11.7 Å². The van der Waals surface area contributed by atoms with Crippen LogP contribution in [0.15, 0.2) is 53.6 Å². The van der Waals surface area contributed by atoms with Crippen molar-refractivity contribution in [1.29, 1.82) is 0 Å². The van der Waals surface area contributed by atoms with Crippen molar-refractivity contribution in [2.45, 2.75) is 19.3 Å². The zero-order valence-electron chi connectivity index (χ0n) is 16.3. The van der Waals surface area contributed by atoms with Crippen molar-refractivity contribution in [1.82, 2.24) is 9.55 Å². The van der Waals surface area contributed by atoms with Crippen molar-refractivity contribution in [3.05, 3.63) is 75.8 Å². The lowest BCUT2D eigenvalue weighted by Crippen LogP contribution is -2.26. The fourth-order valence-corrected chi connectivity index (χ4v) is 3.57. The average Bonchev–Trinajstić information content (AvgIpc) is 3.22. The Hall–Kier alpha value is -3.61. The summed E-state index contributed by atoms with van der Waals surface area (Å²) < 4.78 is 11.9. The van der Waals surface area contributed by atoms with E-state index < -0.39 is 5.91 Å². The quantitative estimate of drug-likeness (QED) is 0.723. The van der Waals surface area contributed by atoms with Crippen LogP contribution in [0.3, 0.4) is 0 Å². The van der Waals surface area contributed by atoms with Gasteiger partial charge in [0.25, 0.3) is 11.5 Å². The number of aromatic nitrogens is 2. The number of methoxy groups -OCH3 is 2. The molecule has 1 amide bonds.